The van der Waals surface area contributed by atoms with Crippen LogP contribution in [0.25, 0.3) is 0 Å². The van der Waals surface area contributed by atoms with Gasteiger partial charge in [-0.1, -0.05) is 72.3 Å². The molecule has 3 aromatic carbocycles. The fraction of sp³-hybridized carbons (Fsp3) is 0.233. The molecule has 1 atom stereocenters. The molecule has 6 nitrogen and oxygen atoms in total. The molecule has 190 valence electrons. The summed E-state index contributed by atoms with van der Waals surface area (Å²) in [6.45, 7) is 4.46. The number of hydrogen-bond donors (Lipinski definition) is 1. The van der Waals surface area contributed by atoms with Crippen LogP contribution in [-0.4, -0.2) is 29.3 Å². The van der Waals surface area contributed by atoms with Crippen molar-refractivity contribution in [1.82, 2.24) is 10.2 Å². The molecular weight excluding hydrogens is 488 g/mol. The molecule has 1 aliphatic heterocycles. The first kappa shape index (κ1) is 26.2. The van der Waals surface area contributed by atoms with Crippen molar-refractivity contribution in [2.45, 2.75) is 39.3 Å². The fourth-order valence-electron chi connectivity index (χ4n) is 4.52. The van der Waals surface area contributed by atoms with E-state index in [-0.39, 0.29) is 31.4 Å². The topological polar surface area (TPSA) is 75.7 Å². The number of allylic oxidation sites excluding steroid dienone is 1. The summed E-state index contributed by atoms with van der Waals surface area (Å²) in [7, 11) is 0. The minimum atomic E-state index is -0.479. The first-order valence-electron chi connectivity index (χ1n) is 12.2. The summed E-state index contributed by atoms with van der Waals surface area (Å²) in [6, 6.07) is 24.1. The van der Waals surface area contributed by atoms with E-state index < -0.39 is 11.9 Å². The normalized spacial score (nSPS) is 15.5. The van der Waals surface area contributed by atoms with Gasteiger partial charge in [-0.2, -0.15) is 0 Å². The Labute approximate surface area is 221 Å². The van der Waals surface area contributed by atoms with Crippen LogP contribution in [0.3, 0.4) is 0 Å². The van der Waals surface area contributed by atoms with Gasteiger partial charge < -0.3 is 15.0 Å². The maximum Gasteiger partial charge on any atom is 0.336 e. The van der Waals surface area contributed by atoms with Gasteiger partial charge in [0.15, 0.2) is 0 Å². The van der Waals surface area contributed by atoms with Gasteiger partial charge in [-0.25, -0.2) is 4.79 Å². The van der Waals surface area contributed by atoms with Crippen molar-refractivity contribution in [3.63, 3.8) is 0 Å². The Morgan fingerprint density at radius 3 is 2.32 bits per heavy atom. The standard InChI is InChI=1S/C30H29ClN2O4/c1-3-37-30(36)28-20(2)33(27(34)17-25(28)24-11-7-8-12-26(24)31)19-22-13-15-23(16-14-22)29(35)32-18-21-9-5-4-6-10-21/h4-16,25H,3,17-19H2,1-2H3,(H,32,35). The van der Waals surface area contributed by atoms with E-state index in [1.54, 1.807) is 36.9 Å². The van der Waals surface area contributed by atoms with Crippen molar-refractivity contribution < 1.29 is 19.1 Å². The zero-order chi connectivity index (χ0) is 26.4. The summed E-state index contributed by atoms with van der Waals surface area (Å²) in [6.07, 6.45) is 0.106. The van der Waals surface area contributed by atoms with Crippen molar-refractivity contribution >= 4 is 29.4 Å². The molecule has 1 aliphatic rings. The zero-order valence-corrected chi connectivity index (χ0v) is 21.6. The summed E-state index contributed by atoms with van der Waals surface area (Å²) < 4.78 is 5.35. The molecular formula is C30H29ClN2O4. The minimum Gasteiger partial charge on any atom is -0.463 e. The van der Waals surface area contributed by atoms with E-state index in [0.717, 1.165) is 16.7 Å². The summed E-state index contributed by atoms with van der Waals surface area (Å²) in [5, 5.41) is 3.42. The first-order valence-corrected chi connectivity index (χ1v) is 12.6. The Hall–Kier alpha value is -3.90. The SMILES string of the molecule is CCOC(=O)C1=C(C)N(Cc2ccc(C(=O)NCc3ccccc3)cc2)C(=O)CC1c1ccccc1Cl. The Kier molecular flexibility index (Phi) is 8.41. The van der Waals surface area contributed by atoms with E-state index in [2.05, 4.69) is 5.32 Å². The highest BCUT2D eigenvalue weighted by molar-refractivity contribution is 6.31. The van der Waals surface area contributed by atoms with Crippen molar-refractivity contribution in [1.29, 1.82) is 0 Å². The molecule has 0 spiro atoms. The highest BCUT2D eigenvalue weighted by atomic mass is 35.5. The molecule has 4 rings (SSSR count). The molecule has 1 heterocycles. The van der Waals surface area contributed by atoms with Gasteiger partial charge in [-0.15, -0.1) is 0 Å². The van der Waals surface area contributed by atoms with Crippen LogP contribution in [0.5, 0.6) is 0 Å². The highest BCUT2D eigenvalue weighted by Crippen LogP contribution is 2.40. The molecule has 0 saturated heterocycles. The van der Waals surface area contributed by atoms with Crippen molar-refractivity contribution in [2.24, 2.45) is 0 Å². The second-order valence-corrected chi connectivity index (χ2v) is 9.25. The molecule has 37 heavy (non-hydrogen) atoms. The van der Waals surface area contributed by atoms with Crippen LogP contribution in [-0.2, 0) is 27.4 Å². The summed E-state index contributed by atoms with van der Waals surface area (Å²) in [5.74, 6) is -1.21. The Balaban J connectivity index is 1.53. The molecule has 0 radical (unpaired) electrons. The number of amides is 2. The van der Waals surface area contributed by atoms with E-state index in [4.69, 9.17) is 16.3 Å². The van der Waals surface area contributed by atoms with Crippen LogP contribution in [0, 0.1) is 0 Å². The summed E-state index contributed by atoms with van der Waals surface area (Å²) in [5.41, 5.74) is 4.10. The predicted octanol–water partition coefficient (Wildman–Crippen LogP) is 5.62. The average molecular weight is 517 g/mol. The summed E-state index contributed by atoms with van der Waals surface area (Å²) in [4.78, 5) is 40.4. The number of carbonyl (C=O) groups is 3. The lowest BCUT2D eigenvalue weighted by Crippen LogP contribution is -2.38. The number of halogens is 1. The largest absolute Gasteiger partial charge is 0.463 e. The first-order chi connectivity index (χ1) is 17.9. The molecule has 0 aromatic heterocycles. The fourth-order valence-corrected chi connectivity index (χ4v) is 4.79. The molecule has 2 amide bonds. The second-order valence-electron chi connectivity index (χ2n) is 8.84. The minimum absolute atomic E-state index is 0.106. The monoisotopic (exact) mass is 516 g/mol. The number of nitrogens with one attached hydrogen (secondary N) is 1. The number of rotatable bonds is 8. The Morgan fingerprint density at radius 2 is 1.65 bits per heavy atom. The maximum atomic E-state index is 13.3. The Morgan fingerprint density at radius 1 is 0.973 bits per heavy atom. The third kappa shape index (κ3) is 6.09. The van der Waals surface area contributed by atoms with Crippen LogP contribution in [0.1, 0.15) is 53.2 Å². The molecule has 0 aliphatic carbocycles. The van der Waals surface area contributed by atoms with E-state index in [9.17, 15) is 14.4 Å². The van der Waals surface area contributed by atoms with Crippen LogP contribution >= 0.6 is 11.6 Å². The van der Waals surface area contributed by atoms with Crippen molar-refractivity contribution in [3.8, 4) is 0 Å². The van der Waals surface area contributed by atoms with Crippen molar-refractivity contribution in [2.75, 3.05) is 6.61 Å². The van der Waals surface area contributed by atoms with Gasteiger partial charge in [0, 0.05) is 35.2 Å². The molecule has 1 unspecified atom stereocenters. The smallest absolute Gasteiger partial charge is 0.336 e. The lowest BCUT2D eigenvalue weighted by atomic mass is 9.83. The second kappa shape index (κ2) is 11.9. The number of nitrogens with zero attached hydrogens (tertiary/aromatic N) is 1. The number of esters is 1. The zero-order valence-electron chi connectivity index (χ0n) is 20.9. The quantitative estimate of drug-likeness (QED) is 0.394. The maximum absolute atomic E-state index is 13.3. The van der Waals surface area contributed by atoms with E-state index in [1.165, 1.54) is 0 Å². The predicted molar refractivity (Wildman–Crippen MR) is 143 cm³/mol. The number of hydrogen-bond acceptors (Lipinski definition) is 4. The van der Waals surface area contributed by atoms with Crippen LogP contribution in [0.15, 0.2) is 90.1 Å². The van der Waals surface area contributed by atoms with Crippen LogP contribution in [0.2, 0.25) is 5.02 Å². The van der Waals surface area contributed by atoms with E-state index >= 15 is 0 Å². The van der Waals surface area contributed by atoms with Gasteiger partial charge >= 0.3 is 5.97 Å². The third-order valence-corrected chi connectivity index (χ3v) is 6.80. The van der Waals surface area contributed by atoms with Gasteiger partial charge in [-0.05, 0) is 48.7 Å². The number of carbonyl (C=O) groups excluding carboxylic acids is 3. The van der Waals surface area contributed by atoms with Crippen LogP contribution < -0.4 is 5.32 Å². The van der Waals surface area contributed by atoms with Gasteiger partial charge in [0.25, 0.3) is 5.91 Å². The van der Waals surface area contributed by atoms with Gasteiger partial charge in [-0.3, -0.25) is 9.59 Å². The Bertz CT molecular complexity index is 1320. The molecule has 1 N–H and O–H groups in total. The van der Waals surface area contributed by atoms with E-state index in [0.29, 0.717) is 28.4 Å². The van der Waals surface area contributed by atoms with Gasteiger partial charge in [0.05, 0.1) is 18.7 Å². The molecule has 0 fully saturated rings. The lowest BCUT2D eigenvalue weighted by Gasteiger charge is -2.34. The van der Waals surface area contributed by atoms with Crippen molar-refractivity contribution in [3.05, 3.63) is 117 Å². The molecule has 0 bridgehead atoms. The molecule has 0 saturated carbocycles. The number of ether oxygens (including phenoxy) is 1. The average Bonchev–Trinajstić information content (AvgIpc) is 2.90. The third-order valence-electron chi connectivity index (χ3n) is 6.45. The van der Waals surface area contributed by atoms with Gasteiger partial charge in [0.1, 0.15) is 0 Å². The van der Waals surface area contributed by atoms with Crippen LogP contribution in [0.4, 0.5) is 0 Å². The lowest BCUT2D eigenvalue weighted by molar-refractivity contribution is -0.140. The van der Waals surface area contributed by atoms with Gasteiger partial charge in [0.2, 0.25) is 5.91 Å². The molecule has 7 heteroatoms. The molecule has 3 aromatic rings. The van der Waals surface area contributed by atoms with E-state index in [1.807, 2.05) is 60.7 Å². The number of benzene rings is 3. The highest BCUT2D eigenvalue weighted by Gasteiger charge is 2.37. The summed E-state index contributed by atoms with van der Waals surface area (Å²) >= 11 is 6.43.